The third-order valence-electron chi connectivity index (χ3n) is 4.62. The number of rotatable bonds is 6. The van der Waals surface area contributed by atoms with Crippen molar-refractivity contribution >= 4 is 11.8 Å². The van der Waals surface area contributed by atoms with Gasteiger partial charge in [-0.3, -0.25) is 0 Å². The van der Waals surface area contributed by atoms with Gasteiger partial charge in [0.05, 0.1) is 19.3 Å². The van der Waals surface area contributed by atoms with Crippen molar-refractivity contribution in [3.63, 3.8) is 0 Å². The first-order valence-corrected chi connectivity index (χ1v) is 10.0. The SMILES string of the molecule is CCOc1cc(OC)c(CC)cc1C1Nn2c(nnc2-c2ccccc2O)S1. The number of thioether (sulfide) groups is 1. The Balaban J connectivity index is 1.71. The van der Waals surface area contributed by atoms with Gasteiger partial charge >= 0.3 is 0 Å². The second kappa shape index (κ2) is 7.63. The number of phenols is 1. The van der Waals surface area contributed by atoms with Crippen molar-refractivity contribution in [1.29, 1.82) is 0 Å². The molecule has 0 aliphatic carbocycles. The van der Waals surface area contributed by atoms with Crippen molar-refractivity contribution in [2.45, 2.75) is 30.8 Å². The summed E-state index contributed by atoms with van der Waals surface area (Å²) in [6.45, 7) is 4.63. The minimum Gasteiger partial charge on any atom is -0.507 e. The van der Waals surface area contributed by atoms with Crippen LogP contribution in [0.25, 0.3) is 11.4 Å². The van der Waals surface area contributed by atoms with E-state index >= 15 is 0 Å². The molecule has 8 heteroatoms. The molecule has 2 N–H and O–H groups in total. The van der Waals surface area contributed by atoms with Crippen LogP contribution in [-0.2, 0) is 6.42 Å². The summed E-state index contributed by atoms with van der Waals surface area (Å²) in [5, 5.41) is 19.3. The van der Waals surface area contributed by atoms with Gasteiger partial charge < -0.3 is 20.0 Å². The maximum atomic E-state index is 10.2. The van der Waals surface area contributed by atoms with Crippen LogP contribution < -0.4 is 14.9 Å². The van der Waals surface area contributed by atoms with Crippen molar-refractivity contribution in [2.75, 3.05) is 19.1 Å². The minimum atomic E-state index is -0.0899. The van der Waals surface area contributed by atoms with E-state index in [2.05, 4.69) is 28.6 Å². The number of aryl methyl sites for hydroxylation is 1. The first kappa shape index (κ1) is 18.5. The fourth-order valence-electron chi connectivity index (χ4n) is 3.26. The summed E-state index contributed by atoms with van der Waals surface area (Å²) in [7, 11) is 1.67. The number of aromatic nitrogens is 3. The fraction of sp³-hybridized carbons (Fsp3) is 0.300. The molecule has 2 aromatic carbocycles. The predicted octanol–water partition coefficient (Wildman–Crippen LogP) is 3.97. The highest BCUT2D eigenvalue weighted by Crippen LogP contribution is 2.45. The molecular formula is C20H22N4O3S. The molecule has 0 spiro atoms. The molecule has 7 nitrogen and oxygen atoms in total. The van der Waals surface area contributed by atoms with Gasteiger partial charge in [0.2, 0.25) is 5.16 Å². The Morgan fingerprint density at radius 1 is 1.18 bits per heavy atom. The van der Waals surface area contributed by atoms with Crippen LogP contribution in [0.2, 0.25) is 0 Å². The van der Waals surface area contributed by atoms with E-state index in [9.17, 15) is 5.11 Å². The van der Waals surface area contributed by atoms with Crippen molar-refractivity contribution in [3.8, 4) is 28.6 Å². The lowest BCUT2D eigenvalue weighted by molar-refractivity contribution is 0.332. The van der Waals surface area contributed by atoms with E-state index in [4.69, 9.17) is 9.47 Å². The number of benzene rings is 2. The third-order valence-corrected chi connectivity index (χ3v) is 5.69. The number of hydrogen-bond donors (Lipinski definition) is 2. The molecule has 28 heavy (non-hydrogen) atoms. The Kier molecular flexibility index (Phi) is 5.04. The van der Waals surface area contributed by atoms with Gasteiger partial charge in [-0.05, 0) is 37.1 Å². The molecule has 4 rings (SSSR count). The molecule has 1 unspecified atom stereocenters. The number of hydrogen-bond acceptors (Lipinski definition) is 7. The summed E-state index contributed by atoms with van der Waals surface area (Å²) in [6, 6.07) is 11.2. The zero-order chi connectivity index (χ0) is 19.7. The molecular weight excluding hydrogens is 376 g/mol. The Morgan fingerprint density at radius 3 is 2.71 bits per heavy atom. The average Bonchev–Trinajstić information content (AvgIpc) is 3.29. The number of phenolic OH excluding ortho intramolecular Hbond substituents is 1. The van der Waals surface area contributed by atoms with Gasteiger partial charge in [0.1, 0.15) is 22.6 Å². The van der Waals surface area contributed by atoms with E-state index in [-0.39, 0.29) is 11.1 Å². The van der Waals surface area contributed by atoms with Gasteiger partial charge in [-0.1, -0.05) is 30.8 Å². The Hall–Kier alpha value is -2.87. The fourth-order valence-corrected chi connectivity index (χ4v) is 4.27. The van der Waals surface area contributed by atoms with Crippen molar-refractivity contribution in [1.82, 2.24) is 14.9 Å². The van der Waals surface area contributed by atoms with Crippen LogP contribution in [0.15, 0.2) is 41.6 Å². The lowest BCUT2D eigenvalue weighted by Gasteiger charge is -2.19. The molecule has 0 saturated heterocycles. The van der Waals surface area contributed by atoms with Crippen molar-refractivity contribution in [2.24, 2.45) is 0 Å². The number of fused-ring (bicyclic) bond motifs is 1. The van der Waals surface area contributed by atoms with E-state index < -0.39 is 0 Å². The number of aromatic hydroxyl groups is 1. The standard InChI is InChI=1S/C20H22N4O3S/c1-4-12-10-14(17(27-5-2)11-16(12)26-3)19-23-24-18(21-22-20(24)28-19)13-8-6-7-9-15(13)25/h6-11,19,23,25H,4-5H2,1-3H3. The predicted molar refractivity (Wildman–Crippen MR) is 109 cm³/mol. The molecule has 0 fully saturated rings. The number of para-hydroxylation sites is 1. The lowest BCUT2D eigenvalue weighted by Crippen LogP contribution is -2.15. The second-order valence-corrected chi connectivity index (χ2v) is 7.35. The quantitative estimate of drug-likeness (QED) is 0.650. The molecule has 0 bridgehead atoms. The third kappa shape index (κ3) is 3.13. The largest absolute Gasteiger partial charge is 0.507 e. The molecule has 3 aromatic rings. The van der Waals surface area contributed by atoms with Gasteiger partial charge in [-0.25, -0.2) is 4.68 Å². The van der Waals surface area contributed by atoms with Crippen LogP contribution >= 0.6 is 11.8 Å². The summed E-state index contributed by atoms with van der Waals surface area (Å²) < 4.78 is 13.2. The smallest absolute Gasteiger partial charge is 0.212 e. The normalized spacial score (nSPS) is 15.2. The van der Waals surface area contributed by atoms with Crippen LogP contribution in [0.3, 0.4) is 0 Å². The van der Waals surface area contributed by atoms with Gasteiger partial charge in [0.15, 0.2) is 5.82 Å². The second-order valence-electron chi connectivity index (χ2n) is 6.27. The molecule has 0 radical (unpaired) electrons. The first-order chi connectivity index (χ1) is 13.7. The molecule has 146 valence electrons. The summed E-state index contributed by atoms with van der Waals surface area (Å²) in [5.41, 5.74) is 6.21. The summed E-state index contributed by atoms with van der Waals surface area (Å²) >= 11 is 1.56. The Labute approximate surface area is 167 Å². The summed E-state index contributed by atoms with van der Waals surface area (Å²) in [6.07, 6.45) is 0.856. The van der Waals surface area contributed by atoms with E-state index in [0.717, 1.165) is 34.2 Å². The van der Waals surface area contributed by atoms with Crippen LogP contribution in [0.4, 0.5) is 0 Å². The number of nitrogens with zero attached hydrogens (tertiary/aromatic N) is 3. The Bertz CT molecular complexity index is 1010. The average molecular weight is 398 g/mol. The monoisotopic (exact) mass is 398 g/mol. The van der Waals surface area contributed by atoms with E-state index in [0.29, 0.717) is 18.0 Å². The molecule has 0 amide bonds. The van der Waals surface area contributed by atoms with Crippen molar-refractivity contribution < 1.29 is 14.6 Å². The molecule has 1 aromatic heterocycles. The molecule has 0 saturated carbocycles. The topological polar surface area (TPSA) is 81.4 Å². The molecule has 1 aliphatic heterocycles. The highest BCUT2D eigenvalue weighted by atomic mass is 32.2. The van der Waals surface area contributed by atoms with E-state index in [1.54, 1.807) is 31.0 Å². The minimum absolute atomic E-state index is 0.0899. The molecule has 1 aliphatic rings. The van der Waals surface area contributed by atoms with Gasteiger partial charge in [-0.2, -0.15) is 0 Å². The van der Waals surface area contributed by atoms with E-state index in [1.807, 2.05) is 29.8 Å². The number of ether oxygens (including phenoxy) is 2. The van der Waals surface area contributed by atoms with Gasteiger partial charge in [-0.15, -0.1) is 10.2 Å². The van der Waals surface area contributed by atoms with Gasteiger partial charge in [0.25, 0.3) is 0 Å². The highest BCUT2D eigenvalue weighted by Gasteiger charge is 2.31. The summed E-state index contributed by atoms with van der Waals surface area (Å²) in [4.78, 5) is 0. The zero-order valence-electron chi connectivity index (χ0n) is 16.0. The van der Waals surface area contributed by atoms with Crippen LogP contribution in [-0.4, -0.2) is 33.7 Å². The van der Waals surface area contributed by atoms with Crippen LogP contribution in [0.5, 0.6) is 17.2 Å². The van der Waals surface area contributed by atoms with E-state index in [1.165, 1.54) is 0 Å². The number of nitrogens with one attached hydrogen (secondary N) is 1. The highest BCUT2D eigenvalue weighted by molar-refractivity contribution is 7.99. The number of methoxy groups -OCH3 is 1. The van der Waals surface area contributed by atoms with Crippen LogP contribution in [0, 0.1) is 0 Å². The van der Waals surface area contributed by atoms with Crippen LogP contribution in [0.1, 0.15) is 30.3 Å². The Morgan fingerprint density at radius 2 is 2.00 bits per heavy atom. The first-order valence-electron chi connectivity index (χ1n) is 9.16. The zero-order valence-corrected chi connectivity index (χ0v) is 16.8. The maximum absolute atomic E-state index is 10.2. The summed E-state index contributed by atoms with van der Waals surface area (Å²) in [5.74, 6) is 2.35. The van der Waals surface area contributed by atoms with Crippen molar-refractivity contribution in [3.05, 3.63) is 47.5 Å². The molecule has 1 atom stereocenters. The lowest BCUT2D eigenvalue weighted by atomic mass is 10.1. The molecule has 2 heterocycles. The van der Waals surface area contributed by atoms with Gasteiger partial charge in [0, 0.05) is 11.6 Å². The maximum Gasteiger partial charge on any atom is 0.212 e.